The van der Waals surface area contributed by atoms with Gasteiger partial charge in [-0.1, -0.05) is 30.7 Å². The van der Waals surface area contributed by atoms with Crippen molar-refractivity contribution >= 4 is 34.0 Å². The van der Waals surface area contributed by atoms with Crippen LogP contribution in [0.5, 0.6) is 0 Å². The Kier molecular flexibility index (Phi) is 6.58. The number of carbonyl (C=O) groups excluding carboxylic acids is 1. The van der Waals surface area contributed by atoms with Gasteiger partial charge in [0.15, 0.2) is 0 Å². The van der Waals surface area contributed by atoms with Crippen LogP contribution in [-0.2, 0) is 11.8 Å². The molecule has 0 unspecified atom stereocenters. The standard InChI is InChI=1S/C29H32N4O4/c1-17-15-22(18(2)30-24-10-5-4-9-21(24)29(36)37)25-23(16-17)28(35)32(3)26(31-25)19-11-13-33(14-12-19)27(34)20-7-6-8-20/h4-5,9-11,15-16,18,20,30H,6-8,12-14H2,1-3H3,(H,36,37)/t18-/m1/s1. The highest BCUT2D eigenvalue weighted by atomic mass is 16.4. The minimum Gasteiger partial charge on any atom is -0.478 e. The molecule has 1 atom stereocenters. The van der Waals surface area contributed by atoms with E-state index in [-0.39, 0.29) is 29.0 Å². The fraction of sp³-hybridized carbons (Fsp3) is 0.379. The van der Waals surface area contributed by atoms with E-state index in [1.54, 1.807) is 35.9 Å². The number of nitrogens with zero attached hydrogens (tertiary/aromatic N) is 3. The zero-order chi connectivity index (χ0) is 26.3. The van der Waals surface area contributed by atoms with Crippen molar-refractivity contribution in [1.82, 2.24) is 14.5 Å². The van der Waals surface area contributed by atoms with Crippen molar-refractivity contribution in [2.75, 3.05) is 18.4 Å². The predicted octanol–water partition coefficient (Wildman–Crippen LogP) is 4.53. The van der Waals surface area contributed by atoms with Crippen molar-refractivity contribution < 1.29 is 14.7 Å². The van der Waals surface area contributed by atoms with Crippen LogP contribution in [0.2, 0.25) is 0 Å². The average molecular weight is 501 g/mol. The number of hydrogen-bond acceptors (Lipinski definition) is 5. The van der Waals surface area contributed by atoms with Gasteiger partial charge in [0.25, 0.3) is 5.56 Å². The van der Waals surface area contributed by atoms with E-state index in [0.717, 1.165) is 36.0 Å². The molecule has 0 bridgehead atoms. The largest absolute Gasteiger partial charge is 0.478 e. The molecule has 3 aromatic rings. The number of anilines is 1. The number of aryl methyl sites for hydroxylation is 1. The normalized spacial score (nSPS) is 16.7. The van der Waals surface area contributed by atoms with Crippen molar-refractivity contribution in [1.29, 1.82) is 0 Å². The van der Waals surface area contributed by atoms with E-state index in [2.05, 4.69) is 5.32 Å². The van der Waals surface area contributed by atoms with E-state index >= 15 is 0 Å². The molecule has 1 aliphatic heterocycles. The second kappa shape index (κ2) is 9.84. The summed E-state index contributed by atoms with van der Waals surface area (Å²) in [6, 6.07) is 10.3. The third-order valence-corrected chi connectivity index (χ3v) is 7.61. The van der Waals surface area contributed by atoms with Crippen molar-refractivity contribution in [2.24, 2.45) is 13.0 Å². The summed E-state index contributed by atoms with van der Waals surface area (Å²) in [6.45, 7) is 5.03. The first-order chi connectivity index (χ1) is 17.7. The molecule has 2 aliphatic rings. The lowest BCUT2D eigenvalue weighted by atomic mass is 9.84. The van der Waals surface area contributed by atoms with Crippen molar-refractivity contribution in [3.8, 4) is 0 Å². The van der Waals surface area contributed by atoms with Crippen LogP contribution in [0.15, 0.2) is 47.3 Å². The van der Waals surface area contributed by atoms with Gasteiger partial charge in [-0.25, -0.2) is 9.78 Å². The number of carbonyl (C=O) groups is 2. The Morgan fingerprint density at radius 1 is 1.19 bits per heavy atom. The number of fused-ring (bicyclic) bond motifs is 1. The number of aromatic carboxylic acids is 1. The Hall–Kier alpha value is -3.94. The molecule has 0 spiro atoms. The lowest BCUT2D eigenvalue weighted by molar-refractivity contribution is -0.137. The summed E-state index contributed by atoms with van der Waals surface area (Å²) in [5, 5.41) is 13.4. The molecule has 2 N–H and O–H groups in total. The Balaban J connectivity index is 1.52. The summed E-state index contributed by atoms with van der Waals surface area (Å²) in [5.74, 6) is 0.00888. The van der Waals surface area contributed by atoms with Gasteiger partial charge in [-0.05, 0) is 62.4 Å². The van der Waals surface area contributed by atoms with Crippen LogP contribution in [0, 0.1) is 12.8 Å². The quantitative estimate of drug-likeness (QED) is 0.515. The monoisotopic (exact) mass is 500 g/mol. The van der Waals surface area contributed by atoms with E-state index in [0.29, 0.717) is 41.9 Å². The summed E-state index contributed by atoms with van der Waals surface area (Å²) < 4.78 is 1.60. The van der Waals surface area contributed by atoms with Crippen LogP contribution >= 0.6 is 0 Å². The summed E-state index contributed by atoms with van der Waals surface area (Å²) in [5.41, 5.74) is 3.88. The number of nitrogens with one attached hydrogen (secondary N) is 1. The molecule has 1 saturated carbocycles. The molecule has 2 heterocycles. The van der Waals surface area contributed by atoms with Crippen LogP contribution in [-0.4, -0.2) is 44.5 Å². The molecule has 1 amide bonds. The van der Waals surface area contributed by atoms with Gasteiger partial charge < -0.3 is 15.3 Å². The Morgan fingerprint density at radius 3 is 2.59 bits per heavy atom. The van der Waals surface area contributed by atoms with Gasteiger partial charge in [0.2, 0.25) is 5.91 Å². The fourth-order valence-electron chi connectivity index (χ4n) is 5.26. The molecule has 0 radical (unpaired) electrons. The molecule has 1 fully saturated rings. The third-order valence-electron chi connectivity index (χ3n) is 7.61. The van der Waals surface area contributed by atoms with Crippen LogP contribution in [0.4, 0.5) is 5.69 Å². The van der Waals surface area contributed by atoms with Gasteiger partial charge in [0, 0.05) is 37.3 Å². The van der Waals surface area contributed by atoms with E-state index in [1.165, 1.54) is 0 Å². The Morgan fingerprint density at radius 2 is 1.95 bits per heavy atom. The maximum absolute atomic E-state index is 13.5. The first-order valence-electron chi connectivity index (χ1n) is 12.8. The fourth-order valence-corrected chi connectivity index (χ4v) is 5.26. The number of carboxylic acid groups (broad SMARTS) is 1. The molecule has 0 saturated heterocycles. The molecule has 37 heavy (non-hydrogen) atoms. The average Bonchev–Trinajstić information content (AvgIpc) is 2.85. The minimum absolute atomic E-state index is 0.128. The highest BCUT2D eigenvalue weighted by Crippen LogP contribution is 2.32. The van der Waals surface area contributed by atoms with Crippen LogP contribution in [0.3, 0.4) is 0 Å². The first-order valence-corrected chi connectivity index (χ1v) is 12.8. The van der Waals surface area contributed by atoms with E-state index < -0.39 is 5.97 Å². The molecule has 8 nitrogen and oxygen atoms in total. The van der Waals surface area contributed by atoms with Gasteiger partial charge in [-0.15, -0.1) is 0 Å². The van der Waals surface area contributed by atoms with Crippen molar-refractivity contribution in [2.45, 2.75) is 45.6 Å². The number of benzene rings is 2. The summed E-state index contributed by atoms with van der Waals surface area (Å²) in [7, 11) is 1.74. The number of aromatic nitrogens is 2. The SMILES string of the molecule is Cc1cc([C@@H](C)Nc2ccccc2C(=O)O)c2nc(C3=CCN(C(=O)C4CCC4)CC3)n(C)c(=O)c2c1. The number of amides is 1. The highest BCUT2D eigenvalue weighted by Gasteiger charge is 2.30. The minimum atomic E-state index is -1.01. The van der Waals surface area contributed by atoms with Gasteiger partial charge in [-0.2, -0.15) is 0 Å². The molecule has 1 aliphatic carbocycles. The zero-order valence-electron chi connectivity index (χ0n) is 21.5. The van der Waals surface area contributed by atoms with Gasteiger partial charge in [0.1, 0.15) is 5.82 Å². The smallest absolute Gasteiger partial charge is 0.337 e. The number of hydrogen-bond donors (Lipinski definition) is 2. The highest BCUT2D eigenvalue weighted by molar-refractivity contribution is 5.94. The van der Waals surface area contributed by atoms with Gasteiger partial charge >= 0.3 is 5.97 Å². The lowest BCUT2D eigenvalue weighted by Crippen LogP contribution is -2.41. The van der Waals surface area contributed by atoms with E-state index in [4.69, 9.17) is 4.98 Å². The second-order valence-electron chi connectivity index (χ2n) is 10.2. The third kappa shape index (κ3) is 4.63. The zero-order valence-corrected chi connectivity index (χ0v) is 21.5. The topological polar surface area (TPSA) is 105 Å². The molecule has 192 valence electrons. The maximum Gasteiger partial charge on any atom is 0.337 e. The van der Waals surface area contributed by atoms with Crippen LogP contribution in [0.25, 0.3) is 16.5 Å². The summed E-state index contributed by atoms with van der Waals surface area (Å²) >= 11 is 0. The van der Waals surface area contributed by atoms with Gasteiger partial charge in [0.05, 0.1) is 22.5 Å². The summed E-state index contributed by atoms with van der Waals surface area (Å²) in [6.07, 6.45) is 5.76. The molecular formula is C29H32N4O4. The molecule has 8 heteroatoms. The summed E-state index contributed by atoms with van der Waals surface area (Å²) in [4.78, 5) is 44.7. The molecule has 2 aromatic carbocycles. The van der Waals surface area contributed by atoms with Crippen LogP contribution in [0.1, 0.15) is 66.0 Å². The van der Waals surface area contributed by atoms with Crippen molar-refractivity contribution in [3.63, 3.8) is 0 Å². The first kappa shape index (κ1) is 24.7. The number of para-hydroxylation sites is 1. The van der Waals surface area contributed by atoms with Crippen LogP contribution < -0.4 is 10.9 Å². The molecule has 1 aromatic heterocycles. The molecular weight excluding hydrogens is 468 g/mol. The van der Waals surface area contributed by atoms with Gasteiger partial charge in [-0.3, -0.25) is 14.2 Å². The number of rotatable bonds is 6. The second-order valence-corrected chi connectivity index (χ2v) is 10.2. The predicted molar refractivity (Wildman–Crippen MR) is 144 cm³/mol. The van der Waals surface area contributed by atoms with E-state index in [9.17, 15) is 19.5 Å². The van der Waals surface area contributed by atoms with E-state index in [1.807, 2.05) is 37.0 Å². The molecule has 5 rings (SSSR count). The lowest BCUT2D eigenvalue weighted by Gasteiger charge is -2.33. The number of carboxylic acids is 1. The Bertz CT molecular complexity index is 1490. The maximum atomic E-state index is 13.5. The van der Waals surface area contributed by atoms with Crippen molar-refractivity contribution in [3.05, 3.63) is 75.3 Å². The Labute approximate surface area is 215 Å².